The van der Waals surface area contributed by atoms with E-state index in [9.17, 15) is 29.7 Å². The van der Waals surface area contributed by atoms with E-state index in [0.29, 0.717) is 25.7 Å². The van der Waals surface area contributed by atoms with Gasteiger partial charge in [0, 0.05) is 6.42 Å². The van der Waals surface area contributed by atoms with Crippen molar-refractivity contribution in [2.45, 2.75) is 97.5 Å². The molecule has 6 nitrogen and oxygen atoms in total. The molecule has 0 saturated heterocycles. The van der Waals surface area contributed by atoms with Crippen LogP contribution in [0, 0.1) is 39.9 Å². The van der Waals surface area contributed by atoms with Crippen LogP contribution in [0.4, 0.5) is 0 Å². The van der Waals surface area contributed by atoms with Crippen molar-refractivity contribution in [1.29, 1.82) is 0 Å². The zero-order valence-electron chi connectivity index (χ0n) is 21.0. The summed E-state index contributed by atoms with van der Waals surface area (Å²) in [5.41, 5.74) is -0.898. The van der Waals surface area contributed by atoms with E-state index in [1.807, 2.05) is 13.0 Å². The first-order chi connectivity index (χ1) is 16.1. The molecule has 0 aromatic carbocycles. The van der Waals surface area contributed by atoms with Crippen LogP contribution in [0.5, 0.6) is 0 Å². The molecule has 6 heteroatoms. The van der Waals surface area contributed by atoms with Gasteiger partial charge in [0.05, 0.1) is 17.4 Å². The largest absolute Gasteiger partial charge is 0.481 e. The number of hydrogen-bond acceptors (Lipinski definition) is 5. The van der Waals surface area contributed by atoms with Crippen LogP contribution < -0.4 is 0 Å². The molecule has 4 rings (SSSR count). The lowest BCUT2D eigenvalue weighted by Gasteiger charge is -2.62. The molecule has 0 aromatic rings. The monoisotopic (exact) mass is 474 g/mol. The number of aliphatic hydroxyl groups is 2. The third-order valence-electron chi connectivity index (χ3n) is 10.8. The molecule has 4 aliphatic rings. The fraction of sp³-hybridized carbons (Fsp3) is 0.821. The van der Waals surface area contributed by atoms with Crippen molar-refractivity contribution in [2.75, 3.05) is 6.61 Å². The number of carbonyl (C=O) groups is 3. The summed E-state index contributed by atoms with van der Waals surface area (Å²) in [6.45, 7) is 5.64. The van der Waals surface area contributed by atoms with E-state index in [4.69, 9.17) is 0 Å². The van der Waals surface area contributed by atoms with Crippen molar-refractivity contribution in [3.05, 3.63) is 11.6 Å². The van der Waals surface area contributed by atoms with Crippen molar-refractivity contribution >= 4 is 17.5 Å². The number of carboxylic acid groups (broad SMARTS) is 1. The topological polar surface area (TPSA) is 112 Å². The van der Waals surface area contributed by atoms with Crippen LogP contribution in [-0.4, -0.2) is 45.6 Å². The van der Waals surface area contributed by atoms with Crippen molar-refractivity contribution in [3.63, 3.8) is 0 Å². The van der Waals surface area contributed by atoms with Crippen LogP contribution in [0.1, 0.15) is 91.4 Å². The molecule has 34 heavy (non-hydrogen) atoms. The highest BCUT2D eigenvalue weighted by atomic mass is 16.4. The minimum absolute atomic E-state index is 0.0158. The third-order valence-corrected chi connectivity index (χ3v) is 10.8. The molecule has 0 radical (unpaired) electrons. The van der Waals surface area contributed by atoms with Gasteiger partial charge in [-0.2, -0.15) is 0 Å². The highest BCUT2D eigenvalue weighted by Crippen LogP contribution is 2.72. The van der Waals surface area contributed by atoms with Gasteiger partial charge < -0.3 is 15.3 Å². The van der Waals surface area contributed by atoms with Gasteiger partial charge in [0.1, 0.15) is 6.61 Å². The first kappa shape index (κ1) is 25.6. The first-order valence-electron chi connectivity index (χ1n) is 13.4. The van der Waals surface area contributed by atoms with E-state index in [1.54, 1.807) is 0 Å². The zero-order chi connectivity index (χ0) is 24.9. The molecule has 8 atom stereocenters. The maximum absolute atomic E-state index is 13.5. The normalized spacial score (nSPS) is 42.3. The Kier molecular flexibility index (Phi) is 6.89. The van der Waals surface area contributed by atoms with Crippen LogP contribution in [-0.2, 0) is 14.4 Å². The Hall–Kier alpha value is -1.53. The lowest BCUT2D eigenvalue weighted by atomic mass is 9.42. The smallest absolute Gasteiger partial charge is 0.307 e. The van der Waals surface area contributed by atoms with Gasteiger partial charge in [-0.25, -0.2) is 0 Å². The summed E-state index contributed by atoms with van der Waals surface area (Å²) in [4.78, 5) is 38.3. The van der Waals surface area contributed by atoms with Gasteiger partial charge in [-0.15, -0.1) is 0 Å². The predicted molar refractivity (Wildman–Crippen MR) is 128 cm³/mol. The van der Waals surface area contributed by atoms with Crippen LogP contribution in [0.25, 0.3) is 0 Å². The average Bonchev–Trinajstić information content (AvgIpc) is 3.09. The minimum atomic E-state index is -1.16. The summed E-state index contributed by atoms with van der Waals surface area (Å²) >= 11 is 0. The molecule has 0 amide bonds. The molecule has 0 spiro atoms. The number of allylic oxidation sites excluding steroid dienone is 1. The average molecular weight is 475 g/mol. The quantitative estimate of drug-likeness (QED) is 0.452. The molecule has 0 heterocycles. The van der Waals surface area contributed by atoms with Crippen molar-refractivity contribution in [2.24, 2.45) is 39.9 Å². The van der Waals surface area contributed by atoms with Gasteiger partial charge in [-0.05, 0) is 79.6 Å². The van der Waals surface area contributed by atoms with E-state index in [1.165, 1.54) is 0 Å². The minimum Gasteiger partial charge on any atom is -0.481 e. The molecule has 190 valence electrons. The lowest BCUT2D eigenvalue weighted by molar-refractivity contribution is -0.181. The molecule has 3 saturated carbocycles. The molecule has 8 unspecified atom stereocenters. The molecular formula is C28H42O6. The second-order valence-corrected chi connectivity index (χ2v) is 12.1. The van der Waals surface area contributed by atoms with Crippen LogP contribution in [0.2, 0.25) is 0 Å². The fourth-order valence-electron chi connectivity index (χ4n) is 9.29. The van der Waals surface area contributed by atoms with Crippen LogP contribution in [0.15, 0.2) is 11.6 Å². The van der Waals surface area contributed by atoms with Gasteiger partial charge in [0.2, 0.25) is 0 Å². The molecule has 3 fully saturated rings. The van der Waals surface area contributed by atoms with Gasteiger partial charge in [-0.1, -0.05) is 45.6 Å². The molecule has 0 aromatic heterocycles. The van der Waals surface area contributed by atoms with Gasteiger partial charge in [0.15, 0.2) is 11.6 Å². The van der Waals surface area contributed by atoms with Gasteiger partial charge >= 0.3 is 5.97 Å². The number of unbranched alkanes of at least 4 members (excludes halogenated alkanes) is 2. The van der Waals surface area contributed by atoms with E-state index < -0.39 is 35.4 Å². The molecule has 0 aliphatic heterocycles. The summed E-state index contributed by atoms with van der Waals surface area (Å²) in [6, 6.07) is 0. The number of aliphatic hydroxyl groups excluding tert-OH is 2. The maximum Gasteiger partial charge on any atom is 0.307 e. The van der Waals surface area contributed by atoms with E-state index in [-0.39, 0.29) is 34.7 Å². The number of fused-ring (bicyclic) bond motifs is 5. The number of ketones is 2. The molecule has 0 bridgehead atoms. The zero-order valence-corrected chi connectivity index (χ0v) is 21.0. The lowest BCUT2D eigenvalue weighted by Crippen LogP contribution is -2.61. The second kappa shape index (κ2) is 9.16. The van der Waals surface area contributed by atoms with Crippen LogP contribution in [0.3, 0.4) is 0 Å². The molecule has 4 aliphatic carbocycles. The number of Topliss-reactive ketones (excluding diaryl/α,β-unsaturated/α-hetero) is 1. The van der Waals surface area contributed by atoms with E-state index >= 15 is 0 Å². The van der Waals surface area contributed by atoms with Gasteiger partial charge in [0.25, 0.3) is 0 Å². The van der Waals surface area contributed by atoms with Crippen LogP contribution >= 0.6 is 0 Å². The van der Waals surface area contributed by atoms with E-state index in [0.717, 1.165) is 50.5 Å². The van der Waals surface area contributed by atoms with Crippen molar-refractivity contribution in [1.82, 2.24) is 0 Å². The summed E-state index contributed by atoms with van der Waals surface area (Å²) in [6.07, 6.45) is 8.70. The Bertz CT molecular complexity index is 878. The Balaban J connectivity index is 1.76. The molecule has 3 N–H and O–H groups in total. The van der Waals surface area contributed by atoms with Gasteiger partial charge in [-0.3, -0.25) is 14.4 Å². The highest BCUT2D eigenvalue weighted by Gasteiger charge is 2.71. The number of carbonyl (C=O) groups excluding carboxylic acids is 2. The Morgan fingerprint density at radius 2 is 1.88 bits per heavy atom. The fourth-order valence-corrected chi connectivity index (χ4v) is 9.29. The van der Waals surface area contributed by atoms with Crippen molar-refractivity contribution < 1.29 is 29.7 Å². The SMILES string of the molecule is CCCCCC(C(=O)O)C1(C(=O)CO)CCC2C3CCC4=CC(=O)CCC4(C)C3C(O)CC21C. The summed E-state index contributed by atoms with van der Waals surface area (Å²) in [7, 11) is 0. The number of rotatable bonds is 8. The van der Waals surface area contributed by atoms with E-state index in [2.05, 4.69) is 13.8 Å². The highest BCUT2D eigenvalue weighted by molar-refractivity contribution is 5.92. The second-order valence-electron chi connectivity index (χ2n) is 12.1. The van der Waals surface area contributed by atoms with Crippen molar-refractivity contribution in [3.8, 4) is 0 Å². The third kappa shape index (κ3) is 3.54. The predicted octanol–water partition coefficient (Wildman–Crippen LogP) is 4.32. The Labute approximate surface area is 203 Å². The summed E-state index contributed by atoms with van der Waals surface area (Å²) < 4.78 is 0. The Morgan fingerprint density at radius 1 is 1.15 bits per heavy atom. The summed E-state index contributed by atoms with van der Waals surface area (Å²) in [5.74, 6) is -1.67. The molecular weight excluding hydrogens is 432 g/mol. The summed E-state index contributed by atoms with van der Waals surface area (Å²) in [5, 5.41) is 32.0. The number of hydrogen-bond donors (Lipinski definition) is 3. The standard InChI is InChI=1S/C28H42O6/c1-4-5-6-7-21(25(33)34)28(23(32)16-29)13-11-20-19-9-8-17-14-18(30)10-12-26(17,2)24(19)22(31)15-27(20,28)3/h14,19-22,24,29,31H,4-13,15-16H2,1-3H3,(H,33,34). The number of carboxylic acids is 1. The maximum atomic E-state index is 13.5. The number of aliphatic carboxylic acids is 1. The Morgan fingerprint density at radius 3 is 2.53 bits per heavy atom. The first-order valence-corrected chi connectivity index (χ1v) is 13.4.